The van der Waals surface area contributed by atoms with Crippen molar-refractivity contribution in [2.45, 2.75) is 52.6 Å². The second-order valence-corrected chi connectivity index (χ2v) is 8.67. The molecule has 0 bridgehead atoms. The molecule has 2 N–H and O–H groups in total. The molecule has 1 saturated heterocycles. The third-order valence-corrected chi connectivity index (χ3v) is 5.89. The Morgan fingerprint density at radius 1 is 1.26 bits per heavy atom. The number of rotatable bonds is 8. The summed E-state index contributed by atoms with van der Waals surface area (Å²) >= 11 is 6.31. The zero-order valence-electron chi connectivity index (χ0n) is 18.7. The van der Waals surface area contributed by atoms with E-state index in [2.05, 4.69) is 58.6 Å². The quantitative estimate of drug-likeness (QED) is 0.270. The van der Waals surface area contributed by atoms with Gasteiger partial charge in [0, 0.05) is 30.7 Å². The number of halogens is 2. The molecule has 0 spiro atoms. The van der Waals surface area contributed by atoms with Crippen molar-refractivity contribution in [1.29, 1.82) is 0 Å². The van der Waals surface area contributed by atoms with Crippen LogP contribution in [0.2, 0.25) is 5.02 Å². The van der Waals surface area contributed by atoms with Crippen molar-refractivity contribution < 1.29 is 4.52 Å². The minimum Gasteiger partial charge on any atom is -0.359 e. The van der Waals surface area contributed by atoms with Gasteiger partial charge >= 0.3 is 0 Å². The molecule has 172 valence electrons. The summed E-state index contributed by atoms with van der Waals surface area (Å²) in [6, 6.07) is 10.1. The number of aromatic nitrogens is 1. The van der Waals surface area contributed by atoms with Gasteiger partial charge in [-0.25, -0.2) is 4.99 Å². The molecule has 2 heterocycles. The first-order valence-corrected chi connectivity index (χ1v) is 11.4. The third kappa shape index (κ3) is 8.27. The highest BCUT2D eigenvalue weighted by Crippen LogP contribution is 2.22. The van der Waals surface area contributed by atoms with Gasteiger partial charge in [-0.1, -0.05) is 48.8 Å². The molecule has 0 amide bonds. The molecule has 8 heteroatoms. The van der Waals surface area contributed by atoms with Gasteiger partial charge in [-0.3, -0.25) is 4.90 Å². The van der Waals surface area contributed by atoms with Crippen LogP contribution >= 0.6 is 35.6 Å². The number of hydrogen-bond donors (Lipinski definition) is 2. The van der Waals surface area contributed by atoms with Crippen molar-refractivity contribution in [3.8, 4) is 0 Å². The minimum absolute atomic E-state index is 0. The molecule has 1 fully saturated rings. The first-order chi connectivity index (χ1) is 14.5. The van der Waals surface area contributed by atoms with Crippen LogP contribution in [0.15, 0.2) is 39.8 Å². The van der Waals surface area contributed by atoms with Crippen molar-refractivity contribution in [2.24, 2.45) is 10.9 Å². The second kappa shape index (κ2) is 13.3. The van der Waals surface area contributed by atoms with Gasteiger partial charge in [0.2, 0.25) is 0 Å². The number of guanidine groups is 1. The first-order valence-electron chi connectivity index (χ1n) is 11.0. The lowest BCUT2D eigenvalue weighted by Gasteiger charge is -2.32. The lowest BCUT2D eigenvalue weighted by Crippen LogP contribution is -2.42. The fourth-order valence-corrected chi connectivity index (χ4v) is 3.83. The number of nitrogens with one attached hydrogen (secondary N) is 2. The molecule has 0 radical (unpaired) electrons. The predicted molar refractivity (Wildman–Crippen MR) is 138 cm³/mol. The summed E-state index contributed by atoms with van der Waals surface area (Å²) in [5.41, 5.74) is 2.19. The Labute approximate surface area is 208 Å². The maximum atomic E-state index is 6.31. The summed E-state index contributed by atoms with van der Waals surface area (Å²) in [6.07, 6.45) is 2.35. The van der Waals surface area contributed by atoms with Crippen molar-refractivity contribution in [2.75, 3.05) is 26.2 Å². The maximum absolute atomic E-state index is 6.31. The molecule has 0 atom stereocenters. The zero-order chi connectivity index (χ0) is 21.3. The Hall–Kier alpha value is -1.32. The van der Waals surface area contributed by atoms with E-state index in [1.807, 2.05) is 18.2 Å². The van der Waals surface area contributed by atoms with E-state index < -0.39 is 0 Å². The predicted octanol–water partition coefficient (Wildman–Crippen LogP) is 5.04. The van der Waals surface area contributed by atoms with Crippen molar-refractivity contribution in [3.05, 3.63) is 52.4 Å². The van der Waals surface area contributed by atoms with Gasteiger partial charge in [-0.2, -0.15) is 0 Å². The number of nitrogens with zero attached hydrogens (tertiary/aromatic N) is 3. The first kappa shape index (κ1) is 25.9. The molecule has 1 aliphatic rings. The van der Waals surface area contributed by atoms with Gasteiger partial charge in [0.25, 0.3) is 0 Å². The molecular formula is C23H35ClIN5O. The number of piperidine rings is 1. The standard InChI is InChI=1S/C23H34ClN5O.HI/c1-4-25-23(27-15-20-13-22(17(2)3)28-30-20)26-14-18-9-11-29(12-10-18)16-19-7-5-6-8-21(19)24;/h5-8,13,17-18H,4,9-12,14-16H2,1-3H3,(H2,25,26,27);1H. The SMILES string of the molecule is CCNC(=NCc1cc(C(C)C)no1)NCC1CCN(Cc2ccccc2Cl)CC1.I. The fourth-order valence-electron chi connectivity index (χ4n) is 3.63. The van der Waals surface area contributed by atoms with E-state index in [9.17, 15) is 0 Å². The Kier molecular flexibility index (Phi) is 11.1. The molecule has 6 nitrogen and oxygen atoms in total. The van der Waals surface area contributed by atoms with Gasteiger partial charge < -0.3 is 15.2 Å². The average Bonchev–Trinajstić information content (AvgIpc) is 3.22. The Morgan fingerprint density at radius 3 is 2.65 bits per heavy atom. The summed E-state index contributed by atoms with van der Waals surface area (Å²) in [7, 11) is 0. The Bertz CT molecular complexity index is 818. The molecule has 1 aliphatic heterocycles. The molecule has 31 heavy (non-hydrogen) atoms. The highest BCUT2D eigenvalue weighted by Gasteiger charge is 2.20. The minimum atomic E-state index is 0. The van der Waals surface area contributed by atoms with Gasteiger partial charge in [0.1, 0.15) is 6.54 Å². The molecule has 0 aliphatic carbocycles. The largest absolute Gasteiger partial charge is 0.359 e. The summed E-state index contributed by atoms with van der Waals surface area (Å²) in [5.74, 6) is 2.64. The van der Waals surface area contributed by atoms with E-state index in [0.29, 0.717) is 18.4 Å². The third-order valence-electron chi connectivity index (χ3n) is 5.52. The lowest BCUT2D eigenvalue weighted by atomic mass is 9.96. The van der Waals surface area contributed by atoms with Crippen LogP contribution in [0.3, 0.4) is 0 Å². The van der Waals surface area contributed by atoms with E-state index in [1.54, 1.807) is 0 Å². The number of likely N-dealkylation sites (tertiary alicyclic amines) is 1. The average molecular weight is 560 g/mol. The van der Waals surface area contributed by atoms with Crippen LogP contribution < -0.4 is 10.6 Å². The summed E-state index contributed by atoms with van der Waals surface area (Å²) in [4.78, 5) is 7.15. The number of aliphatic imine (C=N–C) groups is 1. The van der Waals surface area contributed by atoms with Crippen LogP contribution in [0.25, 0.3) is 0 Å². The van der Waals surface area contributed by atoms with E-state index in [1.165, 1.54) is 18.4 Å². The van der Waals surface area contributed by atoms with Crippen LogP contribution in [0, 0.1) is 5.92 Å². The molecule has 0 saturated carbocycles. The van der Waals surface area contributed by atoms with Crippen LogP contribution in [0.1, 0.15) is 56.5 Å². The summed E-state index contributed by atoms with van der Waals surface area (Å²) in [6.45, 7) is 11.7. The van der Waals surface area contributed by atoms with E-state index in [-0.39, 0.29) is 24.0 Å². The Morgan fingerprint density at radius 2 is 2.00 bits per heavy atom. The normalized spacial score (nSPS) is 15.7. The zero-order valence-corrected chi connectivity index (χ0v) is 21.8. The monoisotopic (exact) mass is 559 g/mol. The highest BCUT2D eigenvalue weighted by molar-refractivity contribution is 14.0. The lowest BCUT2D eigenvalue weighted by molar-refractivity contribution is 0.178. The maximum Gasteiger partial charge on any atom is 0.191 e. The van der Waals surface area contributed by atoms with Crippen molar-refractivity contribution in [1.82, 2.24) is 20.7 Å². The number of benzene rings is 1. The number of hydrogen-bond acceptors (Lipinski definition) is 4. The van der Waals surface area contributed by atoms with Gasteiger partial charge in [0.15, 0.2) is 11.7 Å². The molecule has 1 aromatic heterocycles. The van der Waals surface area contributed by atoms with Crippen LogP contribution in [-0.2, 0) is 13.1 Å². The van der Waals surface area contributed by atoms with Crippen LogP contribution in [-0.4, -0.2) is 42.2 Å². The molecule has 1 aromatic carbocycles. The molecular weight excluding hydrogens is 525 g/mol. The van der Waals surface area contributed by atoms with Crippen LogP contribution in [0.4, 0.5) is 0 Å². The highest BCUT2D eigenvalue weighted by atomic mass is 127. The Balaban J connectivity index is 0.00000341. The van der Waals surface area contributed by atoms with Crippen LogP contribution in [0.5, 0.6) is 0 Å². The molecule has 2 aromatic rings. The van der Waals surface area contributed by atoms with E-state index in [0.717, 1.165) is 55.2 Å². The van der Waals surface area contributed by atoms with Gasteiger partial charge in [0.05, 0.1) is 5.69 Å². The van der Waals surface area contributed by atoms with E-state index >= 15 is 0 Å². The van der Waals surface area contributed by atoms with Gasteiger partial charge in [-0.05, 0) is 56.3 Å². The van der Waals surface area contributed by atoms with Crippen molar-refractivity contribution >= 4 is 41.5 Å². The summed E-state index contributed by atoms with van der Waals surface area (Å²) in [5, 5.41) is 11.8. The molecule has 3 rings (SSSR count). The second-order valence-electron chi connectivity index (χ2n) is 8.26. The summed E-state index contributed by atoms with van der Waals surface area (Å²) < 4.78 is 5.39. The smallest absolute Gasteiger partial charge is 0.191 e. The van der Waals surface area contributed by atoms with E-state index in [4.69, 9.17) is 16.1 Å². The fraction of sp³-hybridized carbons (Fsp3) is 0.565. The van der Waals surface area contributed by atoms with Crippen molar-refractivity contribution in [3.63, 3.8) is 0 Å². The molecule has 0 unspecified atom stereocenters. The van der Waals surface area contributed by atoms with Gasteiger partial charge in [-0.15, -0.1) is 24.0 Å². The topological polar surface area (TPSA) is 65.7 Å².